The third kappa shape index (κ3) is 3.35. The molecule has 4 rings (SSSR count). The van der Waals surface area contributed by atoms with Crippen LogP contribution in [0.3, 0.4) is 0 Å². The summed E-state index contributed by atoms with van der Waals surface area (Å²) in [6.07, 6.45) is 4.37. The third-order valence-electron chi connectivity index (χ3n) is 4.58. The van der Waals surface area contributed by atoms with Gasteiger partial charge in [0.1, 0.15) is 11.3 Å². The van der Waals surface area contributed by atoms with Gasteiger partial charge in [-0.3, -0.25) is 9.78 Å². The van der Waals surface area contributed by atoms with E-state index in [0.29, 0.717) is 19.6 Å². The van der Waals surface area contributed by atoms with E-state index in [1.807, 2.05) is 30.3 Å². The Morgan fingerprint density at radius 2 is 2.12 bits per heavy atom. The first-order valence-electron chi connectivity index (χ1n) is 8.59. The standard InChI is InChI=1S/C19H20N4O2S/c1-25-15-3-2-4-16-17(15)22-19(26-16)23-11-14(12-23)18(24)21-10-7-13-5-8-20-9-6-13/h2-6,8-9,14H,7,10-12H2,1H3,(H,21,24). The van der Waals surface area contributed by atoms with Gasteiger partial charge in [0.2, 0.25) is 5.91 Å². The maximum absolute atomic E-state index is 12.3. The number of aromatic nitrogens is 2. The first-order valence-corrected chi connectivity index (χ1v) is 9.41. The van der Waals surface area contributed by atoms with E-state index >= 15 is 0 Å². The van der Waals surface area contributed by atoms with Gasteiger partial charge in [-0.2, -0.15) is 0 Å². The number of nitrogens with zero attached hydrogens (tertiary/aromatic N) is 3. The van der Waals surface area contributed by atoms with Crippen molar-refractivity contribution in [2.45, 2.75) is 6.42 Å². The highest BCUT2D eigenvalue weighted by molar-refractivity contribution is 7.22. The zero-order valence-electron chi connectivity index (χ0n) is 14.5. The number of amides is 1. The molecule has 1 amide bonds. The molecule has 1 aliphatic heterocycles. The minimum absolute atomic E-state index is 0.0290. The SMILES string of the molecule is COc1cccc2sc(N3CC(C(=O)NCCc4ccncc4)C3)nc12. The van der Waals surface area contributed by atoms with Gasteiger partial charge in [0.25, 0.3) is 0 Å². The van der Waals surface area contributed by atoms with Crippen molar-refractivity contribution in [1.29, 1.82) is 0 Å². The predicted octanol–water partition coefficient (Wildman–Crippen LogP) is 2.50. The molecular weight excluding hydrogens is 348 g/mol. The fourth-order valence-corrected chi connectivity index (χ4v) is 4.04. The van der Waals surface area contributed by atoms with Crippen molar-refractivity contribution in [3.8, 4) is 5.75 Å². The van der Waals surface area contributed by atoms with E-state index in [1.165, 1.54) is 5.56 Å². The summed E-state index contributed by atoms with van der Waals surface area (Å²) in [5.74, 6) is 0.936. The molecule has 6 nitrogen and oxygen atoms in total. The number of fused-ring (bicyclic) bond motifs is 1. The molecule has 0 atom stereocenters. The summed E-state index contributed by atoms with van der Waals surface area (Å²) in [5.41, 5.74) is 2.07. The van der Waals surface area contributed by atoms with Gasteiger partial charge >= 0.3 is 0 Å². The molecule has 0 aliphatic carbocycles. The second kappa shape index (κ2) is 7.29. The molecule has 0 radical (unpaired) electrons. The molecule has 1 aromatic carbocycles. The number of nitrogens with one attached hydrogen (secondary N) is 1. The van der Waals surface area contributed by atoms with E-state index in [0.717, 1.165) is 27.5 Å². The molecule has 1 fully saturated rings. The first kappa shape index (κ1) is 16.8. The Bertz CT molecular complexity index is 906. The molecule has 1 aliphatic rings. The number of carbonyl (C=O) groups excluding carboxylic acids is 1. The first-order chi connectivity index (χ1) is 12.7. The van der Waals surface area contributed by atoms with E-state index in [9.17, 15) is 4.79 Å². The molecule has 7 heteroatoms. The number of hydrogen-bond acceptors (Lipinski definition) is 6. The highest BCUT2D eigenvalue weighted by Gasteiger charge is 2.34. The predicted molar refractivity (Wildman–Crippen MR) is 103 cm³/mol. The fourth-order valence-electron chi connectivity index (χ4n) is 3.04. The van der Waals surface area contributed by atoms with Gasteiger partial charge in [0.15, 0.2) is 5.13 Å². The molecular formula is C19H20N4O2S. The largest absolute Gasteiger partial charge is 0.494 e. The summed E-state index contributed by atoms with van der Waals surface area (Å²) in [5, 5.41) is 3.98. The molecule has 0 spiro atoms. The van der Waals surface area contributed by atoms with Crippen molar-refractivity contribution in [3.63, 3.8) is 0 Å². The summed E-state index contributed by atoms with van der Waals surface area (Å²) < 4.78 is 6.47. The van der Waals surface area contributed by atoms with Crippen LogP contribution >= 0.6 is 11.3 Å². The molecule has 3 heterocycles. The Labute approximate surface area is 155 Å². The van der Waals surface area contributed by atoms with Crippen LogP contribution in [-0.2, 0) is 11.2 Å². The van der Waals surface area contributed by atoms with Gasteiger partial charge in [-0.15, -0.1) is 0 Å². The van der Waals surface area contributed by atoms with E-state index in [1.54, 1.807) is 30.8 Å². The maximum Gasteiger partial charge on any atom is 0.226 e. The molecule has 3 aromatic rings. The topological polar surface area (TPSA) is 67.3 Å². The molecule has 134 valence electrons. The number of anilines is 1. The van der Waals surface area contributed by atoms with Crippen molar-refractivity contribution in [2.75, 3.05) is 31.6 Å². The summed E-state index contributed by atoms with van der Waals surface area (Å²) in [6.45, 7) is 2.07. The average Bonchev–Trinajstić information content (AvgIpc) is 3.05. The number of thiazole rings is 1. The normalized spacial score (nSPS) is 14.3. The smallest absolute Gasteiger partial charge is 0.226 e. The Hall–Kier alpha value is -2.67. The van der Waals surface area contributed by atoms with Crippen molar-refractivity contribution in [1.82, 2.24) is 15.3 Å². The van der Waals surface area contributed by atoms with E-state index in [2.05, 4.69) is 20.2 Å². The van der Waals surface area contributed by atoms with Gasteiger partial charge in [-0.1, -0.05) is 17.4 Å². The molecule has 2 aromatic heterocycles. The number of hydrogen-bond donors (Lipinski definition) is 1. The monoisotopic (exact) mass is 368 g/mol. The van der Waals surface area contributed by atoms with Crippen LogP contribution in [0.1, 0.15) is 5.56 Å². The molecule has 1 N–H and O–H groups in total. The number of carbonyl (C=O) groups is 1. The number of para-hydroxylation sites is 1. The van der Waals surface area contributed by atoms with Crippen LogP contribution < -0.4 is 15.0 Å². The van der Waals surface area contributed by atoms with Crippen molar-refractivity contribution >= 4 is 32.6 Å². The van der Waals surface area contributed by atoms with E-state index in [4.69, 9.17) is 4.74 Å². The Kier molecular flexibility index (Phi) is 4.71. The second-order valence-electron chi connectivity index (χ2n) is 6.30. The lowest BCUT2D eigenvalue weighted by molar-refractivity contribution is -0.125. The zero-order chi connectivity index (χ0) is 17.9. The molecule has 0 saturated carbocycles. The Morgan fingerprint density at radius 3 is 2.88 bits per heavy atom. The summed E-state index contributed by atoms with van der Waals surface area (Å²) in [6, 6.07) is 9.87. The number of rotatable bonds is 6. The van der Waals surface area contributed by atoms with Gasteiger partial charge in [-0.05, 0) is 36.2 Å². The molecule has 0 bridgehead atoms. The van der Waals surface area contributed by atoms with Crippen molar-refractivity contribution in [2.24, 2.45) is 5.92 Å². The highest BCUT2D eigenvalue weighted by Crippen LogP contribution is 2.36. The third-order valence-corrected chi connectivity index (χ3v) is 5.66. The summed E-state index contributed by atoms with van der Waals surface area (Å²) in [7, 11) is 1.66. The van der Waals surface area contributed by atoms with Crippen LogP contribution in [0.4, 0.5) is 5.13 Å². The van der Waals surface area contributed by atoms with Gasteiger partial charge in [0.05, 0.1) is 17.7 Å². The summed E-state index contributed by atoms with van der Waals surface area (Å²) in [4.78, 5) is 23.1. The van der Waals surface area contributed by atoms with Crippen molar-refractivity contribution in [3.05, 3.63) is 48.3 Å². The minimum atomic E-state index is 0.0290. The number of benzene rings is 1. The summed E-state index contributed by atoms with van der Waals surface area (Å²) >= 11 is 1.64. The van der Waals surface area contributed by atoms with Crippen LogP contribution in [0.2, 0.25) is 0 Å². The zero-order valence-corrected chi connectivity index (χ0v) is 15.3. The van der Waals surface area contributed by atoms with Gasteiger partial charge in [-0.25, -0.2) is 4.98 Å². The second-order valence-corrected chi connectivity index (χ2v) is 7.31. The van der Waals surface area contributed by atoms with Crippen LogP contribution in [0.15, 0.2) is 42.7 Å². The Morgan fingerprint density at radius 1 is 1.31 bits per heavy atom. The quantitative estimate of drug-likeness (QED) is 0.724. The van der Waals surface area contributed by atoms with Crippen molar-refractivity contribution < 1.29 is 9.53 Å². The number of pyridine rings is 1. The van der Waals surface area contributed by atoms with Crippen LogP contribution in [0.5, 0.6) is 5.75 Å². The highest BCUT2D eigenvalue weighted by atomic mass is 32.1. The van der Waals surface area contributed by atoms with Crippen LogP contribution in [0.25, 0.3) is 10.2 Å². The lowest BCUT2D eigenvalue weighted by Crippen LogP contribution is -2.54. The van der Waals surface area contributed by atoms with Gasteiger partial charge < -0.3 is 15.0 Å². The molecule has 0 unspecified atom stereocenters. The Balaban J connectivity index is 1.30. The maximum atomic E-state index is 12.3. The number of methoxy groups -OCH3 is 1. The lowest BCUT2D eigenvalue weighted by Gasteiger charge is -2.37. The molecule has 26 heavy (non-hydrogen) atoms. The number of ether oxygens (including phenoxy) is 1. The minimum Gasteiger partial charge on any atom is -0.494 e. The lowest BCUT2D eigenvalue weighted by atomic mass is 10.00. The van der Waals surface area contributed by atoms with Crippen LogP contribution in [0, 0.1) is 5.92 Å². The molecule has 1 saturated heterocycles. The fraction of sp³-hybridized carbons (Fsp3) is 0.316. The van der Waals surface area contributed by atoms with Gasteiger partial charge in [0, 0.05) is 32.0 Å². The van der Waals surface area contributed by atoms with Crippen LogP contribution in [-0.4, -0.2) is 42.6 Å². The van der Waals surface area contributed by atoms with E-state index < -0.39 is 0 Å². The van der Waals surface area contributed by atoms with E-state index in [-0.39, 0.29) is 11.8 Å². The average molecular weight is 368 g/mol.